The van der Waals surface area contributed by atoms with E-state index in [1.807, 2.05) is 19.1 Å². The van der Waals surface area contributed by atoms with Crippen LogP contribution in [0.2, 0.25) is 0 Å². The van der Waals surface area contributed by atoms with Gasteiger partial charge >= 0.3 is 0 Å². The van der Waals surface area contributed by atoms with Crippen LogP contribution >= 0.6 is 0 Å². The largest absolute Gasteiger partial charge is 0.492 e. The molecule has 1 aromatic rings. The van der Waals surface area contributed by atoms with E-state index in [4.69, 9.17) is 4.74 Å². The molecule has 2 aliphatic rings. The molecule has 4 nitrogen and oxygen atoms in total. The topological polar surface area (TPSA) is 32.8 Å². The Kier molecular flexibility index (Phi) is 7.22. The summed E-state index contributed by atoms with van der Waals surface area (Å²) >= 11 is 0. The van der Waals surface area contributed by atoms with Gasteiger partial charge in [0.2, 0.25) is 5.91 Å². The summed E-state index contributed by atoms with van der Waals surface area (Å²) in [6, 6.07) is 8.22. The summed E-state index contributed by atoms with van der Waals surface area (Å²) in [5.74, 6) is 2.17. The van der Waals surface area contributed by atoms with E-state index in [1.54, 1.807) is 0 Å². The summed E-state index contributed by atoms with van der Waals surface area (Å²) in [7, 11) is 0. The van der Waals surface area contributed by atoms with Crippen molar-refractivity contribution in [1.82, 2.24) is 4.90 Å². The maximum atomic E-state index is 12.5. The van der Waals surface area contributed by atoms with Crippen LogP contribution in [-0.2, 0) is 4.79 Å². The molecule has 0 radical (unpaired) electrons. The Labute approximate surface area is 158 Å². The van der Waals surface area contributed by atoms with Crippen molar-refractivity contribution in [3.63, 3.8) is 0 Å². The summed E-state index contributed by atoms with van der Waals surface area (Å²) in [6.07, 6.45) is 9.99. The van der Waals surface area contributed by atoms with E-state index in [-0.39, 0.29) is 0 Å². The average Bonchev–Trinajstić information content (AvgIpc) is 2.70. The number of nitrogens with zero attached hydrogens (tertiary/aromatic N) is 2. The monoisotopic (exact) mass is 358 g/mol. The number of anilines is 1. The van der Waals surface area contributed by atoms with Crippen molar-refractivity contribution in [2.75, 3.05) is 37.7 Å². The Bertz CT molecular complexity index is 561. The Morgan fingerprint density at radius 1 is 1.08 bits per heavy atom. The smallest absolute Gasteiger partial charge is 0.222 e. The first-order valence-corrected chi connectivity index (χ1v) is 10.5. The molecule has 0 N–H and O–H groups in total. The van der Waals surface area contributed by atoms with Crippen LogP contribution in [0, 0.1) is 5.92 Å². The zero-order valence-electron chi connectivity index (χ0n) is 16.3. The molecule has 0 unspecified atom stereocenters. The minimum Gasteiger partial charge on any atom is -0.492 e. The molecular formula is C22H34N2O2. The summed E-state index contributed by atoms with van der Waals surface area (Å²) in [5.41, 5.74) is 1.15. The average molecular weight is 359 g/mol. The van der Waals surface area contributed by atoms with Crippen LogP contribution in [0.4, 0.5) is 5.69 Å². The number of hydrogen-bond acceptors (Lipinski definition) is 3. The highest BCUT2D eigenvalue weighted by atomic mass is 16.5. The minimum absolute atomic E-state index is 0.346. The lowest BCUT2D eigenvalue weighted by molar-refractivity contribution is -0.131. The van der Waals surface area contributed by atoms with E-state index in [9.17, 15) is 4.79 Å². The van der Waals surface area contributed by atoms with Gasteiger partial charge in [0, 0.05) is 32.6 Å². The number of ether oxygens (including phenoxy) is 1. The molecule has 2 fully saturated rings. The van der Waals surface area contributed by atoms with Crippen molar-refractivity contribution in [2.24, 2.45) is 5.92 Å². The maximum absolute atomic E-state index is 12.5. The highest BCUT2D eigenvalue weighted by Gasteiger charge is 2.23. The van der Waals surface area contributed by atoms with E-state index in [2.05, 4.69) is 21.9 Å². The van der Waals surface area contributed by atoms with Gasteiger partial charge in [-0.05, 0) is 37.8 Å². The van der Waals surface area contributed by atoms with E-state index in [0.29, 0.717) is 12.5 Å². The molecule has 1 heterocycles. The number of piperazine rings is 1. The minimum atomic E-state index is 0.346. The SMILES string of the molecule is CCOc1ccccc1N1CCN(C(=O)CCCC2CCCCC2)CC1. The third-order valence-electron chi connectivity index (χ3n) is 5.87. The summed E-state index contributed by atoms with van der Waals surface area (Å²) in [5, 5.41) is 0. The lowest BCUT2D eigenvalue weighted by Gasteiger charge is -2.36. The zero-order chi connectivity index (χ0) is 18.2. The van der Waals surface area contributed by atoms with Crippen molar-refractivity contribution in [2.45, 2.75) is 58.3 Å². The molecule has 0 spiro atoms. The van der Waals surface area contributed by atoms with Gasteiger partial charge in [-0.1, -0.05) is 44.2 Å². The fourth-order valence-electron chi connectivity index (χ4n) is 4.37. The maximum Gasteiger partial charge on any atom is 0.222 e. The second-order valence-electron chi connectivity index (χ2n) is 7.66. The molecule has 4 heteroatoms. The van der Waals surface area contributed by atoms with E-state index >= 15 is 0 Å². The molecule has 1 aromatic carbocycles. The lowest BCUT2D eigenvalue weighted by Crippen LogP contribution is -2.48. The third-order valence-corrected chi connectivity index (χ3v) is 5.87. The first-order valence-electron chi connectivity index (χ1n) is 10.5. The molecule has 1 amide bonds. The molecule has 144 valence electrons. The Morgan fingerprint density at radius 3 is 2.54 bits per heavy atom. The van der Waals surface area contributed by atoms with Crippen molar-refractivity contribution in [3.05, 3.63) is 24.3 Å². The molecule has 26 heavy (non-hydrogen) atoms. The van der Waals surface area contributed by atoms with Crippen LogP contribution in [-0.4, -0.2) is 43.6 Å². The number of benzene rings is 1. The van der Waals surface area contributed by atoms with Crippen LogP contribution in [0.3, 0.4) is 0 Å². The van der Waals surface area contributed by atoms with Crippen molar-refractivity contribution < 1.29 is 9.53 Å². The predicted molar refractivity (Wildman–Crippen MR) is 107 cm³/mol. The molecule has 0 bridgehead atoms. The van der Waals surface area contributed by atoms with Crippen LogP contribution in [0.15, 0.2) is 24.3 Å². The van der Waals surface area contributed by atoms with Gasteiger partial charge in [-0.25, -0.2) is 0 Å². The summed E-state index contributed by atoms with van der Waals surface area (Å²) in [4.78, 5) is 16.9. The third kappa shape index (κ3) is 5.15. The van der Waals surface area contributed by atoms with E-state index in [1.165, 1.54) is 38.5 Å². The first-order chi connectivity index (χ1) is 12.8. The molecule has 0 atom stereocenters. The fourth-order valence-corrected chi connectivity index (χ4v) is 4.37. The van der Waals surface area contributed by atoms with Crippen LogP contribution in [0.5, 0.6) is 5.75 Å². The van der Waals surface area contributed by atoms with Crippen molar-refractivity contribution in [1.29, 1.82) is 0 Å². The molecule has 3 rings (SSSR count). The van der Waals surface area contributed by atoms with Gasteiger partial charge < -0.3 is 14.5 Å². The predicted octanol–water partition coefficient (Wildman–Crippen LogP) is 4.48. The number of para-hydroxylation sites is 2. The second kappa shape index (κ2) is 9.84. The number of carbonyl (C=O) groups is 1. The van der Waals surface area contributed by atoms with Gasteiger partial charge in [0.25, 0.3) is 0 Å². The van der Waals surface area contributed by atoms with E-state index < -0.39 is 0 Å². The van der Waals surface area contributed by atoms with Gasteiger partial charge in [0.05, 0.1) is 12.3 Å². The van der Waals surface area contributed by atoms with Gasteiger partial charge in [-0.2, -0.15) is 0 Å². The standard InChI is InChI=1S/C22H34N2O2/c1-2-26-21-13-7-6-12-20(21)23-15-17-24(18-16-23)22(25)14-8-11-19-9-4-3-5-10-19/h6-7,12-13,19H,2-5,8-11,14-18H2,1H3. The lowest BCUT2D eigenvalue weighted by atomic mass is 9.86. The van der Waals surface area contributed by atoms with Gasteiger partial charge in [-0.15, -0.1) is 0 Å². The second-order valence-corrected chi connectivity index (χ2v) is 7.66. The van der Waals surface area contributed by atoms with Crippen molar-refractivity contribution in [3.8, 4) is 5.75 Å². The highest BCUT2D eigenvalue weighted by Crippen LogP contribution is 2.29. The summed E-state index contributed by atoms with van der Waals surface area (Å²) < 4.78 is 5.75. The van der Waals surface area contributed by atoms with E-state index in [0.717, 1.165) is 56.4 Å². The Balaban J connectivity index is 1.42. The molecule has 0 aromatic heterocycles. The number of carbonyl (C=O) groups excluding carboxylic acids is 1. The van der Waals surface area contributed by atoms with Crippen LogP contribution in [0.1, 0.15) is 58.3 Å². The summed E-state index contributed by atoms with van der Waals surface area (Å²) in [6.45, 7) is 6.11. The normalized spacial score (nSPS) is 18.8. The number of rotatable bonds is 7. The van der Waals surface area contributed by atoms with Crippen molar-refractivity contribution >= 4 is 11.6 Å². The Hall–Kier alpha value is -1.71. The Morgan fingerprint density at radius 2 is 1.81 bits per heavy atom. The molecule has 1 aliphatic heterocycles. The number of amides is 1. The van der Waals surface area contributed by atoms with Gasteiger partial charge in [-0.3, -0.25) is 4.79 Å². The molecule has 1 saturated carbocycles. The fraction of sp³-hybridized carbons (Fsp3) is 0.682. The van der Waals surface area contributed by atoms with Gasteiger partial charge in [0.15, 0.2) is 0 Å². The molecule has 1 saturated heterocycles. The number of hydrogen-bond donors (Lipinski definition) is 0. The van der Waals surface area contributed by atoms with Gasteiger partial charge in [0.1, 0.15) is 5.75 Å². The van der Waals surface area contributed by atoms with Crippen LogP contribution in [0.25, 0.3) is 0 Å². The molecular weight excluding hydrogens is 324 g/mol. The van der Waals surface area contributed by atoms with Crippen LogP contribution < -0.4 is 9.64 Å². The highest BCUT2D eigenvalue weighted by molar-refractivity contribution is 5.76. The first kappa shape index (κ1) is 19.1. The molecule has 1 aliphatic carbocycles. The zero-order valence-corrected chi connectivity index (χ0v) is 16.3. The quantitative estimate of drug-likeness (QED) is 0.720.